The molecule has 6 heteroatoms. The maximum Gasteiger partial charge on any atom is 0.188 e. The van der Waals surface area contributed by atoms with Gasteiger partial charge in [-0.15, -0.1) is 24.8 Å². The highest BCUT2D eigenvalue weighted by Crippen LogP contribution is 2.19. The number of hydrogen-bond acceptors (Lipinski definition) is 2. The van der Waals surface area contributed by atoms with Gasteiger partial charge < -0.3 is 15.5 Å². The van der Waals surface area contributed by atoms with Crippen LogP contribution < -0.4 is 10.6 Å². The number of nitrogens with zero attached hydrogens (tertiary/aromatic N) is 1. The fraction of sp³-hybridized carbons (Fsp3) is 0.381. The van der Waals surface area contributed by atoms with E-state index in [-0.39, 0.29) is 24.8 Å². The Morgan fingerprint density at radius 1 is 0.852 bits per heavy atom. The SMILES string of the molecule is Cl.Cl.N=C(NCCCN1CCCC1)NCc1ccc(-c2ccccc2)cc1. The van der Waals surface area contributed by atoms with E-state index >= 15 is 0 Å². The van der Waals surface area contributed by atoms with Gasteiger partial charge in [-0.1, -0.05) is 54.6 Å². The highest BCUT2D eigenvalue weighted by molar-refractivity contribution is 5.85. The van der Waals surface area contributed by atoms with Gasteiger partial charge in [-0.3, -0.25) is 5.41 Å². The van der Waals surface area contributed by atoms with E-state index in [0.717, 1.165) is 19.5 Å². The van der Waals surface area contributed by atoms with Crippen molar-refractivity contribution >= 4 is 30.8 Å². The second kappa shape index (κ2) is 12.6. The zero-order valence-corrected chi connectivity index (χ0v) is 17.2. The summed E-state index contributed by atoms with van der Waals surface area (Å²) in [5, 5.41) is 14.3. The molecule has 3 rings (SSSR count). The fourth-order valence-electron chi connectivity index (χ4n) is 3.22. The van der Waals surface area contributed by atoms with Gasteiger partial charge in [0, 0.05) is 13.1 Å². The highest BCUT2D eigenvalue weighted by Gasteiger charge is 2.10. The van der Waals surface area contributed by atoms with Crippen molar-refractivity contribution in [3.63, 3.8) is 0 Å². The number of likely N-dealkylation sites (tertiary alicyclic amines) is 1. The van der Waals surface area contributed by atoms with Gasteiger partial charge >= 0.3 is 0 Å². The lowest BCUT2D eigenvalue weighted by Crippen LogP contribution is -2.37. The van der Waals surface area contributed by atoms with E-state index < -0.39 is 0 Å². The number of halogens is 2. The second-order valence-electron chi connectivity index (χ2n) is 6.62. The molecule has 0 aliphatic carbocycles. The summed E-state index contributed by atoms with van der Waals surface area (Å²) in [6.07, 6.45) is 3.78. The fourth-order valence-corrected chi connectivity index (χ4v) is 3.22. The van der Waals surface area contributed by atoms with Crippen molar-refractivity contribution in [3.05, 3.63) is 60.2 Å². The third kappa shape index (κ3) is 7.79. The summed E-state index contributed by atoms with van der Waals surface area (Å²) in [5.74, 6) is 0.411. The minimum atomic E-state index is 0. The average molecular weight is 409 g/mol. The molecule has 1 fully saturated rings. The monoisotopic (exact) mass is 408 g/mol. The first-order chi connectivity index (χ1) is 12.3. The van der Waals surface area contributed by atoms with Gasteiger partial charge in [0.15, 0.2) is 5.96 Å². The van der Waals surface area contributed by atoms with Gasteiger partial charge in [0.2, 0.25) is 0 Å². The number of benzene rings is 2. The van der Waals surface area contributed by atoms with Gasteiger partial charge in [0.25, 0.3) is 0 Å². The van der Waals surface area contributed by atoms with Crippen molar-refractivity contribution in [2.24, 2.45) is 0 Å². The van der Waals surface area contributed by atoms with Crippen molar-refractivity contribution in [1.29, 1.82) is 5.41 Å². The largest absolute Gasteiger partial charge is 0.357 e. The molecule has 0 bridgehead atoms. The molecule has 1 heterocycles. The molecule has 0 spiro atoms. The van der Waals surface area contributed by atoms with E-state index in [2.05, 4.69) is 64.1 Å². The van der Waals surface area contributed by atoms with Crippen LogP contribution in [0.3, 0.4) is 0 Å². The van der Waals surface area contributed by atoms with Gasteiger partial charge in [0.05, 0.1) is 0 Å². The van der Waals surface area contributed by atoms with Crippen molar-refractivity contribution in [1.82, 2.24) is 15.5 Å². The van der Waals surface area contributed by atoms with Gasteiger partial charge in [0.1, 0.15) is 0 Å². The van der Waals surface area contributed by atoms with E-state index in [1.165, 1.54) is 42.6 Å². The normalized spacial score (nSPS) is 13.3. The van der Waals surface area contributed by atoms with Crippen LogP contribution in [0.1, 0.15) is 24.8 Å². The molecular formula is C21H30Cl2N4. The first-order valence-electron chi connectivity index (χ1n) is 9.24. The molecule has 1 saturated heterocycles. The van der Waals surface area contributed by atoms with Crippen molar-refractivity contribution in [2.75, 3.05) is 26.2 Å². The van der Waals surface area contributed by atoms with Crippen molar-refractivity contribution in [2.45, 2.75) is 25.8 Å². The zero-order chi connectivity index (χ0) is 17.3. The van der Waals surface area contributed by atoms with Crippen LogP contribution in [0.4, 0.5) is 0 Å². The molecular weight excluding hydrogens is 379 g/mol. The van der Waals surface area contributed by atoms with Gasteiger partial charge in [-0.25, -0.2) is 0 Å². The molecule has 1 aliphatic heterocycles. The summed E-state index contributed by atoms with van der Waals surface area (Å²) in [4.78, 5) is 2.51. The van der Waals surface area contributed by atoms with E-state index in [1.54, 1.807) is 0 Å². The number of guanidine groups is 1. The molecule has 27 heavy (non-hydrogen) atoms. The average Bonchev–Trinajstić information content (AvgIpc) is 3.18. The molecule has 2 aromatic rings. The third-order valence-corrected chi connectivity index (χ3v) is 4.68. The summed E-state index contributed by atoms with van der Waals surface area (Å²) in [6, 6.07) is 18.9. The third-order valence-electron chi connectivity index (χ3n) is 4.68. The summed E-state index contributed by atoms with van der Waals surface area (Å²) < 4.78 is 0. The second-order valence-corrected chi connectivity index (χ2v) is 6.62. The summed E-state index contributed by atoms with van der Waals surface area (Å²) in [5.41, 5.74) is 3.64. The Labute approximate surface area is 175 Å². The Kier molecular flexibility index (Phi) is 10.9. The van der Waals surface area contributed by atoms with Crippen LogP contribution in [0, 0.1) is 5.41 Å². The Balaban J connectivity index is 0.00000182. The summed E-state index contributed by atoms with van der Waals surface area (Å²) in [7, 11) is 0. The molecule has 0 atom stereocenters. The molecule has 2 aromatic carbocycles. The summed E-state index contributed by atoms with van der Waals surface area (Å²) >= 11 is 0. The van der Waals surface area contributed by atoms with Crippen LogP contribution in [-0.2, 0) is 6.54 Å². The predicted molar refractivity (Wildman–Crippen MR) is 119 cm³/mol. The lowest BCUT2D eigenvalue weighted by Gasteiger charge is -2.15. The molecule has 0 aromatic heterocycles. The van der Waals surface area contributed by atoms with Crippen LogP contribution in [0.15, 0.2) is 54.6 Å². The minimum absolute atomic E-state index is 0. The lowest BCUT2D eigenvalue weighted by molar-refractivity contribution is 0.334. The van der Waals surface area contributed by atoms with E-state index in [9.17, 15) is 0 Å². The van der Waals surface area contributed by atoms with Crippen LogP contribution in [0.25, 0.3) is 11.1 Å². The van der Waals surface area contributed by atoms with E-state index in [1.807, 2.05) is 6.07 Å². The van der Waals surface area contributed by atoms with Crippen LogP contribution >= 0.6 is 24.8 Å². The molecule has 0 radical (unpaired) electrons. The Hall–Kier alpha value is -1.75. The molecule has 0 unspecified atom stereocenters. The highest BCUT2D eigenvalue weighted by atomic mass is 35.5. The van der Waals surface area contributed by atoms with E-state index in [4.69, 9.17) is 5.41 Å². The molecule has 1 aliphatic rings. The van der Waals surface area contributed by atoms with Gasteiger partial charge in [-0.05, 0) is 55.6 Å². The molecule has 3 N–H and O–H groups in total. The first-order valence-corrected chi connectivity index (χ1v) is 9.24. The minimum Gasteiger partial charge on any atom is -0.357 e. The topological polar surface area (TPSA) is 51.2 Å². The number of hydrogen-bond donors (Lipinski definition) is 3. The molecule has 4 nitrogen and oxygen atoms in total. The number of rotatable bonds is 7. The number of nitrogens with one attached hydrogen (secondary N) is 3. The van der Waals surface area contributed by atoms with E-state index in [0.29, 0.717) is 12.5 Å². The Morgan fingerprint density at radius 2 is 1.48 bits per heavy atom. The Morgan fingerprint density at radius 3 is 2.15 bits per heavy atom. The standard InChI is InChI=1S/C21H28N4.2ClH/c22-21(23-13-6-16-25-14-4-5-15-25)24-17-18-9-11-20(12-10-18)19-7-2-1-3-8-19;;/h1-3,7-12H,4-6,13-17H2,(H3,22,23,24);2*1H. The van der Waals surface area contributed by atoms with Gasteiger partial charge in [-0.2, -0.15) is 0 Å². The Bertz CT molecular complexity index is 656. The van der Waals surface area contributed by atoms with Crippen LogP contribution in [0.2, 0.25) is 0 Å². The molecule has 0 saturated carbocycles. The quantitative estimate of drug-likeness (QED) is 0.363. The van der Waals surface area contributed by atoms with Crippen LogP contribution in [-0.4, -0.2) is 37.0 Å². The smallest absolute Gasteiger partial charge is 0.188 e. The maximum absolute atomic E-state index is 7.97. The molecule has 148 valence electrons. The van der Waals surface area contributed by atoms with Crippen molar-refractivity contribution in [3.8, 4) is 11.1 Å². The lowest BCUT2D eigenvalue weighted by atomic mass is 10.0. The maximum atomic E-state index is 7.97. The zero-order valence-electron chi connectivity index (χ0n) is 15.6. The summed E-state index contributed by atoms with van der Waals surface area (Å²) in [6.45, 7) is 5.16. The predicted octanol–water partition coefficient (Wildman–Crippen LogP) is 4.30. The van der Waals surface area contributed by atoms with Crippen molar-refractivity contribution < 1.29 is 0 Å². The molecule has 0 amide bonds. The first kappa shape index (κ1) is 23.3. The van der Waals surface area contributed by atoms with Crippen LogP contribution in [0.5, 0.6) is 0 Å².